The van der Waals surface area contributed by atoms with Gasteiger partial charge in [0, 0.05) is 0 Å². The SMILES string of the molecule is CCCCCCCCCC(Cl)OP(=O)(OCCC)OCCC. The lowest BCUT2D eigenvalue weighted by molar-refractivity contribution is 0.0999. The maximum Gasteiger partial charge on any atom is 0.476 e. The number of phosphoric ester groups is 1. The molecule has 0 saturated carbocycles. The third kappa shape index (κ3) is 12.9. The molecule has 6 heteroatoms. The molecule has 0 aromatic carbocycles. The van der Waals surface area contributed by atoms with Gasteiger partial charge in [-0.2, -0.15) is 0 Å². The third-order valence-corrected chi connectivity index (χ3v) is 5.13. The van der Waals surface area contributed by atoms with Crippen LogP contribution in [0.15, 0.2) is 0 Å². The minimum Gasteiger partial charge on any atom is -0.287 e. The van der Waals surface area contributed by atoms with Crippen molar-refractivity contribution >= 4 is 19.4 Å². The minimum atomic E-state index is -3.51. The number of rotatable bonds is 16. The molecule has 0 heterocycles. The maximum absolute atomic E-state index is 12.4. The van der Waals surface area contributed by atoms with Crippen LogP contribution in [0.1, 0.15) is 85.0 Å². The topological polar surface area (TPSA) is 44.8 Å². The number of alkyl halides is 1. The van der Waals surface area contributed by atoms with Crippen LogP contribution in [0, 0.1) is 0 Å². The summed E-state index contributed by atoms with van der Waals surface area (Å²) in [7, 11) is -3.51. The van der Waals surface area contributed by atoms with Crippen molar-refractivity contribution in [2.75, 3.05) is 13.2 Å². The van der Waals surface area contributed by atoms with Crippen molar-refractivity contribution in [1.29, 1.82) is 0 Å². The molecule has 0 aliphatic carbocycles. The molecular weight excluding hydrogens is 323 g/mol. The quantitative estimate of drug-likeness (QED) is 0.176. The highest BCUT2D eigenvalue weighted by atomic mass is 35.5. The van der Waals surface area contributed by atoms with Crippen LogP contribution in [0.3, 0.4) is 0 Å². The van der Waals surface area contributed by atoms with Gasteiger partial charge in [0.2, 0.25) is 0 Å². The smallest absolute Gasteiger partial charge is 0.287 e. The average molecular weight is 357 g/mol. The molecular formula is C16H34ClO4P. The second-order valence-corrected chi connectivity index (χ2v) is 7.65. The second-order valence-electron chi connectivity index (χ2n) is 5.54. The Hall–Kier alpha value is 0.400. The van der Waals surface area contributed by atoms with E-state index in [1.807, 2.05) is 13.8 Å². The fourth-order valence-corrected chi connectivity index (χ4v) is 3.80. The normalized spacial score (nSPS) is 13.5. The zero-order chi connectivity index (χ0) is 16.7. The molecule has 1 atom stereocenters. The average Bonchev–Trinajstić information content (AvgIpc) is 2.50. The van der Waals surface area contributed by atoms with Gasteiger partial charge in [-0.1, -0.05) is 70.9 Å². The van der Waals surface area contributed by atoms with E-state index in [1.165, 1.54) is 32.1 Å². The van der Waals surface area contributed by atoms with Gasteiger partial charge in [-0.05, 0) is 25.7 Å². The van der Waals surface area contributed by atoms with Crippen molar-refractivity contribution in [2.24, 2.45) is 0 Å². The van der Waals surface area contributed by atoms with Gasteiger partial charge in [0.05, 0.1) is 13.2 Å². The molecule has 22 heavy (non-hydrogen) atoms. The largest absolute Gasteiger partial charge is 0.476 e. The zero-order valence-corrected chi connectivity index (χ0v) is 16.2. The Morgan fingerprint density at radius 2 is 1.32 bits per heavy atom. The van der Waals surface area contributed by atoms with E-state index in [9.17, 15) is 4.57 Å². The molecule has 0 spiro atoms. The van der Waals surface area contributed by atoms with E-state index in [1.54, 1.807) is 0 Å². The van der Waals surface area contributed by atoms with E-state index in [-0.39, 0.29) is 0 Å². The number of halogens is 1. The van der Waals surface area contributed by atoms with Crippen LogP contribution in [0.2, 0.25) is 0 Å². The van der Waals surface area contributed by atoms with Crippen LogP contribution in [0.25, 0.3) is 0 Å². The highest BCUT2D eigenvalue weighted by Crippen LogP contribution is 2.51. The van der Waals surface area contributed by atoms with Crippen LogP contribution < -0.4 is 0 Å². The summed E-state index contributed by atoms with van der Waals surface area (Å²) >= 11 is 6.13. The van der Waals surface area contributed by atoms with Crippen molar-refractivity contribution in [3.8, 4) is 0 Å². The Bertz CT molecular complexity index is 277. The first-order valence-corrected chi connectivity index (χ1v) is 10.7. The van der Waals surface area contributed by atoms with Gasteiger partial charge in [0.15, 0.2) is 0 Å². The summed E-state index contributed by atoms with van der Waals surface area (Å²) in [6.45, 7) is 6.81. The number of hydrogen-bond donors (Lipinski definition) is 0. The van der Waals surface area contributed by atoms with Gasteiger partial charge in [0.25, 0.3) is 0 Å². The molecule has 4 nitrogen and oxygen atoms in total. The molecule has 0 bridgehead atoms. The zero-order valence-electron chi connectivity index (χ0n) is 14.5. The van der Waals surface area contributed by atoms with Gasteiger partial charge in [0.1, 0.15) is 5.56 Å². The molecule has 0 aromatic rings. The first-order chi connectivity index (χ1) is 10.6. The van der Waals surface area contributed by atoms with E-state index >= 15 is 0 Å². The lowest BCUT2D eigenvalue weighted by atomic mass is 10.1. The van der Waals surface area contributed by atoms with Crippen molar-refractivity contribution in [3.05, 3.63) is 0 Å². The van der Waals surface area contributed by atoms with Crippen LogP contribution in [0.5, 0.6) is 0 Å². The van der Waals surface area contributed by atoms with Gasteiger partial charge >= 0.3 is 7.82 Å². The molecule has 0 radical (unpaired) electrons. The fraction of sp³-hybridized carbons (Fsp3) is 1.00. The summed E-state index contributed by atoms with van der Waals surface area (Å²) in [5.41, 5.74) is -0.616. The van der Waals surface area contributed by atoms with E-state index < -0.39 is 13.4 Å². The highest BCUT2D eigenvalue weighted by molar-refractivity contribution is 7.48. The molecule has 0 N–H and O–H groups in total. The molecule has 0 rings (SSSR count). The number of phosphoric acid groups is 1. The Morgan fingerprint density at radius 1 is 0.818 bits per heavy atom. The molecule has 0 fully saturated rings. The summed E-state index contributed by atoms with van der Waals surface area (Å²) in [5.74, 6) is 0. The molecule has 0 amide bonds. The van der Waals surface area contributed by atoms with Crippen LogP contribution >= 0.6 is 19.4 Å². The molecule has 1 unspecified atom stereocenters. The number of hydrogen-bond acceptors (Lipinski definition) is 4. The molecule has 0 aromatic heterocycles. The fourth-order valence-electron chi connectivity index (χ4n) is 1.96. The Morgan fingerprint density at radius 3 is 1.82 bits per heavy atom. The highest BCUT2D eigenvalue weighted by Gasteiger charge is 2.29. The van der Waals surface area contributed by atoms with Crippen LogP contribution in [-0.2, 0) is 18.1 Å². The Labute approximate surface area is 141 Å². The Kier molecular flexibility index (Phi) is 15.2. The van der Waals surface area contributed by atoms with E-state index in [2.05, 4.69) is 6.92 Å². The number of unbranched alkanes of at least 4 members (excludes halogenated alkanes) is 6. The maximum atomic E-state index is 12.4. The summed E-state index contributed by atoms with van der Waals surface area (Å²) in [6.07, 6.45) is 10.7. The third-order valence-electron chi connectivity index (χ3n) is 3.19. The standard InChI is InChI=1S/C16H34ClO4P/c1-4-7-8-9-10-11-12-13-16(17)21-22(18,19-14-5-2)20-15-6-3/h16H,4-15H2,1-3H3. The lowest BCUT2D eigenvalue weighted by Gasteiger charge is -2.20. The molecule has 0 aliphatic heterocycles. The van der Waals surface area contributed by atoms with E-state index in [0.717, 1.165) is 25.7 Å². The summed E-state index contributed by atoms with van der Waals surface area (Å²) in [6, 6.07) is 0. The van der Waals surface area contributed by atoms with Gasteiger partial charge in [-0.3, -0.25) is 13.6 Å². The monoisotopic (exact) mass is 356 g/mol. The van der Waals surface area contributed by atoms with Crippen molar-refractivity contribution in [1.82, 2.24) is 0 Å². The van der Waals surface area contributed by atoms with E-state index in [0.29, 0.717) is 19.6 Å². The minimum absolute atomic E-state index is 0.349. The summed E-state index contributed by atoms with van der Waals surface area (Å²) in [5, 5.41) is 0. The summed E-state index contributed by atoms with van der Waals surface area (Å²) in [4.78, 5) is 0. The van der Waals surface area contributed by atoms with Crippen molar-refractivity contribution in [2.45, 2.75) is 90.5 Å². The Balaban J connectivity index is 3.91. The molecule has 134 valence electrons. The molecule has 0 aliphatic rings. The van der Waals surface area contributed by atoms with Crippen LogP contribution in [-0.4, -0.2) is 18.8 Å². The van der Waals surface area contributed by atoms with Crippen molar-refractivity contribution in [3.63, 3.8) is 0 Å². The first-order valence-electron chi connectivity index (χ1n) is 8.79. The van der Waals surface area contributed by atoms with Gasteiger partial charge in [-0.15, -0.1) is 0 Å². The lowest BCUT2D eigenvalue weighted by Crippen LogP contribution is -2.08. The predicted molar refractivity (Wildman–Crippen MR) is 93.4 cm³/mol. The first kappa shape index (κ1) is 22.4. The van der Waals surface area contributed by atoms with Crippen molar-refractivity contribution < 1.29 is 18.1 Å². The molecule has 0 saturated heterocycles. The predicted octanol–water partition coefficient (Wildman–Crippen LogP) is 6.67. The summed E-state index contributed by atoms with van der Waals surface area (Å²) < 4.78 is 28.3. The van der Waals surface area contributed by atoms with Gasteiger partial charge < -0.3 is 0 Å². The van der Waals surface area contributed by atoms with E-state index in [4.69, 9.17) is 25.2 Å². The second kappa shape index (κ2) is 15.0. The van der Waals surface area contributed by atoms with Crippen LogP contribution in [0.4, 0.5) is 0 Å². The van der Waals surface area contributed by atoms with Gasteiger partial charge in [-0.25, -0.2) is 4.57 Å².